The van der Waals surface area contributed by atoms with Gasteiger partial charge in [-0.05, 0) is 87.3 Å². The summed E-state index contributed by atoms with van der Waals surface area (Å²) in [5, 5.41) is 2.77. The molecule has 7 heteroatoms. The van der Waals surface area contributed by atoms with Crippen molar-refractivity contribution in [1.29, 1.82) is 0 Å². The number of hydrogen-bond donors (Lipinski definition) is 2. The summed E-state index contributed by atoms with van der Waals surface area (Å²) in [6.45, 7) is 12.7. The standard InChI is InChI=1S/C29H40NO5P/c1-7-20-34-36(32,33)35-26-16-14-25(15-17-26)30-28(31)21-23(3)11-8-10-22(2)13-18-27-24(4)12-9-19-29(27,5)6/h8,10-11,13-18,21H,7,9,12,19-20H2,1-6H3,(H,30,31)(H,32,33)/b11-8+,18-13+,22-10+,23-21+. The van der Waals surface area contributed by atoms with Crippen molar-refractivity contribution in [3.8, 4) is 5.75 Å². The molecular formula is C29H40NO5P. The summed E-state index contributed by atoms with van der Waals surface area (Å²) >= 11 is 0. The molecule has 196 valence electrons. The van der Waals surface area contributed by atoms with Gasteiger partial charge in [0.2, 0.25) is 5.91 Å². The van der Waals surface area contributed by atoms with Gasteiger partial charge in [-0.3, -0.25) is 14.2 Å². The highest BCUT2D eigenvalue weighted by molar-refractivity contribution is 7.47. The predicted octanol–water partition coefficient (Wildman–Crippen LogP) is 8.06. The molecule has 1 aliphatic rings. The minimum atomic E-state index is -4.15. The van der Waals surface area contributed by atoms with Crippen LogP contribution in [-0.4, -0.2) is 17.4 Å². The van der Waals surface area contributed by atoms with E-state index < -0.39 is 7.82 Å². The number of phosphoric ester groups is 1. The van der Waals surface area contributed by atoms with E-state index in [0.717, 1.165) is 11.1 Å². The van der Waals surface area contributed by atoms with Gasteiger partial charge in [0, 0.05) is 11.8 Å². The molecule has 2 rings (SSSR count). The molecule has 0 heterocycles. The normalized spacial score (nSPS) is 18.5. The van der Waals surface area contributed by atoms with Crippen molar-refractivity contribution < 1.29 is 23.3 Å². The molecule has 1 aromatic carbocycles. The lowest BCUT2D eigenvalue weighted by Crippen LogP contribution is -2.19. The summed E-state index contributed by atoms with van der Waals surface area (Å²) in [4.78, 5) is 22.0. The monoisotopic (exact) mass is 513 g/mol. The van der Waals surface area contributed by atoms with Crippen LogP contribution in [0.1, 0.15) is 67.2 Å². The predicted molar refractivity (Wildman–Crippen MR) is 148 cm³/mol. The first-order chi connectivity index (χ1) is 16.9. The molecule has 0 aromatic heterocycles. The molecule has 0 saturated carbocycles. The molecule has 1 amide bonds. The molecule has 1 atom stereocenters. The molecule has 1 aliphatic carbocycles. The van der Waals surface area contributed by atoms with Gasteiger partial charge in [-0.25, -0.2) is 4.57 Å². The summed E-state index contributed by atoms with van der Waals surface area (Å²) in [5.41, 5.74) is 5.62. The van der Waals surface area contributed by atoms with Crippen LogP contribution in [-0.2, 0) is 13.9 Å². The van der Waals surface area contributed by atoms with E-state index in [2.05, 4.69) is 45.2 Å². The zero-order valence-electron chi connectivity index (χ0n) is 22.3. The first kappa shape index (κ1) is 29.6. The molecule has 6 nitrogen and oxygen atoms in total. The summed E-state index contributed by atoms with van der Waals surface area (Å²) in [6, 6.07) is 6.18. The molecule has 0 saturated heterocycles. The Balaban J connectivity index is 1.91. The lowest BCUT2D eigenvalue weighted by atomic mass is 9.72. The zero-order chi connectivity index (χ0) is 26.8. The van der Waals surface area contributed by atoms with Crippen molar-refractivity contribution in [2.24, 2.45) is 5.41 Å². The third-order valence-corrected chi connectivity index (χ3v) is 6.88. The molecule has 0 radical (unpaired) electrons. The summed E-state index contributed by atoms with van der Waals surface area (Å²) < 4.78 is 21.6. The maximum atomic E-state index is 12.3. The van der Waals surface area contributed by atoms with E-state index in [1.54, 1.807) is 12.1 Å². The van der Waals surface area contributed by atoms with Crippen molar-refractivity contribution in [3.05, 3.63) is 83.0 Å². The second-order valence-corrected chi connectivity index (χ2v) is 11.2. The number of anilines is 1. The Bertz CT molecular complexity index is 1110. The third-order valence-electron chi connectivity index (χ3n) is 5.93. The van der Waals surface area contributed by atoms with Gasteiger partial charge in [0.1, 0.15) is 5.75 Å². The number of phosphoric acid groups is 1. The summed E-state index contributed by atoms with van der Waals surface area (Å²) in [6.07, 6.45) is 16.0. The highest BCUT2D eigenvalue weighted by Gasteiger charge is 2.26. The van der Waals surface area contributed by atoms with E-state index in [0.29, 0.717) is 12.1 Å². The second-order valence-electron chi connectivity index (χ2n) is 9.83. The van der Waals surface area contributed by atoms with Crippen LogP contribution >= 0.6 is 7.82 Å². The Hall–Kier alpha value is -2.66. The number of nitrogens with one attached hydrogen (secondary N) is 1. The van der Waals surface area contributed by atoms with E-state index in [9.17, 15) is 14.3 Å². The van der Waals surface area contributed by atoms with Crippen molar-refractivity contribution >= 4 is 19.4 Å². The smallest absolute Gasteiger partial charge is 0.404 e. The van der Waals surface area contributed by atoms with E-state index in [1.807, 2.05) is 32.1 Å². The Morgan fingerprint density at radius 1 is 1.17 bits per heavy atom. The Morgan fingerprint density at radius 2 is 1.86 bits per heavy atom. The van der Waals surface area contributed by atoms with Crippen molar-refractivity contribution in [2.75, 3.05) is 11.9 Å². The molecule has 36 heavy (non-hydrogen) atoms. The van der Waals surface area contributed by atoms with Crippen molar-refractivity contribution in [1.82, 2.24) is 0 Å². The second kappa shape index (κ2) is 13.6. The van der Waals surface area contributed by atoms with Crippen LogP contribution < -0.4 is 9.84 Å². The van der Waals surface area contributed by atoms with Gasteiger partial charge < -0.3 is 9.84 Å². The topological polar surface area (TPSA) is 84.9 Å². The molecule has 1 aromatic rings. The molecule has 0 bridgehead atoms. The SMILES string of the molecule is CCCOP(=O)(O)Oc1ccc(NC(=O)/C=C(C)/C=C/C=C(C)/C=C/C2=C(C)CCCC2(C)C)cc1. The minimum absolute atomic E-state index is 0.129. The van der Waals surface area contributed by atoms with E-state index >= 15 is 0 Å². The Labute approximate surface area is 216 Å². The lowest BCUT2D eigenvalue weighted by Gasteiger charge is -2.32. The highest BCUT2D eigenvalue weighted by Crippen LogP contribution is 2.44. The van der Waals surface area contributed by atoms with Crippen LogP contribution in [0.15, 0.2) is 83.0 Å². The molecule has 1 unspecified atom stereocenters. The molecule has 0 fully saturated rings. The van der Waals surface area contributed by atoms with Crippen LogP contribution in [0.3, 0.4) is 0 Å². The fourth-order valence-electron chi connectivity index (χ4n) is 4.03. The van der Waals surface area contributed by atoms with Crippen molar-refractivity contribution in [2.45, 2.75) is 67.2 Å². The van der Waals surface area contributed by atoms with Crippen LogP contribution in [0.25, 0.3) is 0 Å². The molecule has 0 spiro atoms. The molecule has 0 aliphatic heterocycles. The average molecular weight is 514 g/mol. The fraction of sp³-hybridized carbons (Fsp3) is 0.414. The number of amides is 1. The highest BCUT2D eigenvalue weighted by atomic mass is 31.2. The van der Waals surface area contributed by atoms with Gasteiger partial charge >= 0.3 is 7.82 Å². The van der Waals surface area contributed by atoms with Gasteiger partial charge in [0.25, 0.3) is 0 Å². The van der Waals surface area contributed by atoms with Crippen LogP contribution in [0, 0.1) is 5.41 Å². The summed E-state index contributed by atoms with van der Waals surface area (Å²) in [5.74, 6) is -0.0910. The van der Waals surface area contributed by atoms with E-state index in [4.69, 9.17) is 9.05 Å². The van der Waals surface area contributed by atoms with Crippen LogP contribution in [0.4, 0.5) is 5.69 Å². The van der Waals surface area contributed by atoms with Crippen LogP contribution in [0.2, 0.25) is 0 Å². The Kier molecular flexibility index (Phi) is 11.2. The first-order valence-electron chi connectivity index (χ1n) is 12.4. The molecule has 2 N–H and O–H groups in total. The van der Waals surface area contributed by atoms with Gasteiger partial charge in [-0.1, -0.05) is 62.3 Å². The number of carbonyl (C=O) groups excluding carboxylic acids is 1. The quantitative estimate of drug-likeness (QED) is 0.178. The number of carbonyl (C=O) groups is 1. The van der Waals surface area contributed by atoms with E-state index in [1.165, 1.54) is 48.6 Å². The maximum Gasteiger partial charge on any atom is 0.527 e. The number of hydrogen-bond acceptors (Lipinski definition) is 4. The van der Waals surface area contributed by atoms with Gasteiger partial charge in [-0.15, -0.1) is 0 Å². The fourth-order valence-corrected chi connectivity index (χ4v) is 4.89. The van der Waals surface area contributed by atoms with Crippen LogP contribution in [0.5, 0.6) is 5.75 Å². The summed E-state index contributed by atoms with van der Waals surface area (Å²) in [7, 11) is -4.15. The minimum Gasteiger partial charge on any atom is -0.404 e. The lowest BCUT2D eigenvalue weighted by molar-refractivity contribution is -0.111. The largest absolute Gasteiger partial charge is 0.527 e. The third kappa shape index (κ3) is 10.1. The number of rotatable bonds is 11. The van der Waals surface area contributed by atoms with Gasteiger partial charge in [0.05, 0.1) is 6.61 Å². The Morgan fingerprint density at radius 3 is 2.50 bits per heavy atom. The van der Waals surface area contributed by atoms with E-state index in [-0.39, 0.29) is 23.7 Å². The van der Waals surface area contributed by atoms with Gasteiger partial charge in [-0.2, -0.15) is 0 Å². The number of benzene rings is 1. The first-order valence-corrected chi connectivity index (χ1v) is 13.9. The number of allylic oxidation sites excluding steroid dienone is 9. The van der Waals surface area contributed by atoms with Gasteiger partial charge in [0.15, 0.2) is 0 Å². The van der Waals surface area contributed by atoms with Crippen molar-refractivity contribution in [3.63, 3.8) is 0 Å². The average Bonchev–Trinajstić information content (AvgIpc) is 2.78. The molecular weight excluding hydrogens is 473 g/mol. The zero-order valence-corrected chi connectivity index (χ0v) is 23.2. The maximum absolute atomic E-state index is 12.3.